The molecule has 0 aliphatic carbocycles. The van der Waals surface area contributed by atoms with Gasteiger partial charge < -0.3 is 9.30 Å². The fraction of sp³-hybridized carbons (Fsp3) is 0.429. The van der Waals surface area contributed by atoms with Gasteiger partial charge in [0.1, 0.15) is 7.14 Å². The highest BCUT2D eigenvalue weighted by molar-refractivity contribution is 7.69. The van der Waals surface area contributed by atoms with Crippen molar-refractivity contribution in [2.24, 2.45) is 0 Å². The molecule has 0 N–H and O–H groups in total. The summed E-state index contributed by atoms with van der Waals surface area (Å²) in [6, 6.07) is 2.66. The molecule has 0 atom stereocenters. The predicted octanol–water partition coefficient (Wildman–Crippen LogP) is 0.533. The molecule has 5 heteroatoms. The highest BCUT2D eigenvalue weighted by Crippen LogP contribution is 2.32. The number of rotatable bonds is 2. The van der Waals surface area contributed by atoms with Crippen LogP contribution in [0.4, 0.5) is 0 Å². The van der Waals surface area contributed by atoms with E-state index in [4.69, 9.17) is 4.74 Å². The van der Waals surface area contributed by atoms with E-state index in [2.05, 4.69) is 16.0 Å². The van der Waals surface area contributed by atoms with Gasteiger partial charge in [-0.05, 0) is 13.3 Å². The summed E-state index contributed by atoms with van der Waals surface area (Å²) in [7, 11) is -0.895. The van der Waals surface area contributed by atoms with Crippen LogP contribution in [0.2, 0.25) is 0 Å². The number of aromatic nitrogens is 2. The molecule has 1 aromatic rings. The minimum atomic E-state index is -2.38. The third kappa shape index (κ3) is 2.05. The Bertz CT molecular complexity index is 321. The Labute approximate surface area is 71.4 Å². The second-order valence-electron chi connectivity index (χ2n) is 2.67. The van der Waals surface area contributed by atoms with E-state index < -0.39 is 7.14 Å². The molecule has 1 rings (SSSR count). The Morgan fingerprint density at radius 1 is 1.58 bits per heavy atom. The molecule has 0 aliphatic rings. The van der Waals surface area contributed by atoms with Crippen LogP contribution in [0.25, 0.3) is 0 Å². The van der Waals surface area contributed by atoms with E-state index >= 15 is 0 Å². The maximum atomic E-state index is 11.5. The zero-order chi connectivity index (χ0) is 9.19. The van der Waals surface area contributed by atoms with Crippen molar-refractivity contribution in [1.82, 2.24) is 9.97 Å². The van der Waals surface area contributed by atoms with Crippen LogP contribution in [0.5, 0.6) is 5.88 Å². The highest BCUT2D eigenvalue weighted by Gasteiger charge is 2.14. The molecular weight excluding hydrogens is 175 g/mol. The smallest absolute Gasteiger partial charge is 0.225 e. The Morgan fingerprint density at radius 3 is 2.75 bits per heavy atom. The van der Waals surface area contributed by atoms with Crippen molar-refractivity contribution in [3.05, 3.63) is 12.3 Å². The van der Waals surface area contributed by atoms with Crippen molar-refractivity contribution in [3.8, 4) is 5.88 Å². The summed E-state index contributed by atoms with van der Waals surface area (Å²) < 4.78 is 16.3. The van der Waals surface area contributed by atoms with Crippen LogP contribution in [0.15, 0.2) is 6.20 Å². The third-order valence-electron chi connectivity index (χ3n) is 1.24. The van der Waals surface area contributed by atoms with E-state index in [0.29, 0.717) is 11.4 Å². The summed E-state index contributed by atoms with van der Waals surface area (Å²) in [6.07, 6.45) is 1.42. The first kappa shape index (κ1) is 9.20. The van der Waals surface area contributed by atoms with E-state index in [0.717, 1.165) is 0 Å². The minimum Gasteiger partial charge on any atom is -0.480 e. The summed E-state index contributed by atoms with van der Waals surface area (Å²) >= 11 is 0. The number of nitrogens with zero attached hydrogens (tertiary/aromatic N) is 2. The zero-order valence-electron chi connectivity index (χ0n) is 7.24. The number of hydrogen-bond donors (Lipinski definition) is 0. The molecule has 0 bridgehead atoms. The first-order valence-corrected chi connectivity index (χ1v) is 5.98. The number of hydrogen-bond acceptors (Lipinski definition) is 4. The molecule has 0 saturated carbocycles. The van der Waals surface area contributed by atoms with E-state index in [1.54, 1.807) is 13.3 Å². The van der Waals surface area contributed by atoms with Crippen LogP contribution in [-0.4, -0.2) is 30.4 Å². The van der Waals surface area contributed by atoms with Crippen molar-refractivity contribution in [1.29, 1.82) is 0 Å². The van der Waals surface area contributed by atoms with Crippen molar-refractivity contribution in [3.63, 3.8) is 0 Å². The Balaban J connectivity index is 3.11. The molecule has 1 radical (unpaired) electrons. The molecule has 1 heterocycles. The normalized spacial score (nSPS) is 11.2. The molecule has 0 aromatic carbocycles. The fourth-order valence-corrected chi connectivity index (χ4v) is 1.33. The van der Waals surface area contributed by atoms with Crippen molar-refractivity contribution in [2.45, 2.75) is 0 Å². The molecule has 0 spiro atoms. The van der Waals surface area contributed by atoms with Gasteiger partial charge in [-0.2, -0.15) is 4.98 Å². The molecule has 4 nitrogen and oxygen atoms in total. The lowest BCUT2D eigenvalue weighted by Crippen LogP contribution is -2.13. The Morgan fingerprint density at radius 2 is 2.25 bits per heavy atom. The summed E-state index contributed by atoms with van der Waals surface area (Å²) in [5.41, 5.74) is 0.332. The van der Waals surface area contributed by atoms with E-state index in [-0.39, 0.29) is 0 Å². The van der Waals surface area contributed by atoms with Crippen LogP contribution >= 0.6 is 7.14 Å². The van der Waals surface area contributed by atoms with Gasteiger partial charge in [0.2, 0.25) is 5.88 Å². The monoisotopic (exact) mass is 185 g/mol. The first-order chi connectivity index (χ1) is 5.54. The van der Waals surface area contributed by atoms with Crippen LogP contribution in [-0.2, 0) is 4.57 Å². The van der Waals surface area contributed by atoms with Gasteiger partial charge in [-0.3, -0.25) is 0 Å². The van der Waals surface area contributed by atoms with Gasteiger partial charge in [0, 0.05) is 6.20 Å². The lowest BCUT2D eigenvalue weighted by molar-refractivity contribution is 0.397. The summed E-state index contributed by atoms with van der Waals surface area (Å²) in [4.78, 5) is 7.76. The molecule has 0 fully saturated rings. The lowest BCUT2D eigenvalue weighted by Gasteiger charge is -2.04. The van der Waals surface area contributed by atoms with E-state index in [9.17, 15) is 4.57 Å². The fourth-order valence-electron chi connectivity index (χ4n) is 0.661. The van der Waals surface area contributed by atoms with Gasteiger partial charge in [0.25, 0.3) is 0 Å². The van der Waals surface area contributed by atoms with Gasteiger partial charge in [0.15, 0.2) is 5.57 Å². The third-order valence-corrected chi connectivity index (χ3v) is 2.42. The maximum absolute atomic E-state index is 11.5. The van der Waals surface area contributed by atoms with Crippen molar-refractivity contribution >= 4 is 12.7 Å². The minimum absolute atomic E-state index is 0.323. The molecule has 65 valence electrons. The van der Waals surface area contributed by atoms with E-state index in [1.807, 2.05) is 0 Å². The molecule has 0 unspecified atom stereocenters. The quantitative estimate of drug-likeness (QED) is 0.631. The summed E-state index contributed by atoms with van der Waals surface area (Å²) in [5.74, 6) is 0.323. The maximum Gasteiger partial charge on any atom is 0.225 e. The van der Waals surface area contributed by atoms with Gasteiger partial charge in [-0.25, -0.2) is 4.98 Å². The molecule has 0 amide bonds. The zero-order valence-corrected chi connectivity index (χ0v) is 8.13. The van der Waals surface area contributed by atoms with Crippen molar-refractivity contribution in [2.75, 3.05) is 20.4 Å². The summed E-state index contributed by atoms with van der Waals surface area (Å²) in [5, 5.41) is 0. The lowest BCUT2D eigenvalue weighted by atomic mass is 10.6. The largest absolute Gasteiger partial charge is 0.480 e. The van der Waals surface area contributed by atoms with Gasteiger partial charge >= 0.3 is 0 Å². The molecule has 0 saturated heterocycles. The number of ether oxygens (including phenoxy) is 1. The standard InChI is InChI=1S/C7H10N2O2P/c1-11-6-4-5-8-7(9-6)12(2,3)10/h5H,1-3H3. The Kier molecular flexibility index (Phi) is 2.48. The topological polar surface area (TPSA) is 52.1 Å². The molecular formula is C7H10N2O2P. The second kappa shape index (κ2) is 3.23. The summed E-state index contributed by atoms with van der Waals surface area (Å²) in [6.45, 7) is 3.23. The SMILES string of the molecule is COc1[c]cnc(P(C)(C)=O)n1. The second-order valence-corrected chi connectivity index (χ2v) is 5.78. The molecule has 1 aromatic heterocycles. The number of methoxy groups -OCH3 is 1. The Hall–Kier alpha value is -0.890. The van der Waals surface area contributed by atoms with Crippen LogP contribution in [0.3, 0.4) is 0 Å². The van der Waals surface area contributed by atoms with Crippen molar-refractivity contribution < 1.29 is 9.30 Å². The molecule has 12 heavy (non-hydrogen) atoms. The van der Waals surface area contributed by atoms with Gasteiger partial charge in [0.05, 0.1) is 13.2 Å². The highest BCUT2D eigenvalue weighted by atomic mass is 31.2. The first-order valence-electron chi connectivity index (χ1n) is 3.38. The van der Waals surface area contributed by atoms with Crippen LogP contribution in [0, 0.1) is 6.07 Å². The van der Waals surface area contributed by atoms with Gasteiger partial charge in [-0.15, -0.1) is 0 Å². The predicted molar refractivity (Wildman–Crippen MR) is 46.5 cm³/mol. The van der Waals surface area contributed by atoms with E-state index in [1.165, 1.54) is 13.3 Å². The molecule has 0 aliphatic heterocycles. The average molecular weight is 185 g/mol. The van der Waals surface area contributed by atoms with Crippen LogP contribution in [0.1, 0.15) is 0 Å². The van der Waals surface area contributed by atoms with Crippen LogP contribution < -0.4 is 10.3 Å². The average Bonchev–Trinajstić information content (AvgIpc) is 2.03. The van der Waals surface area contributed by atoms with Gasteiger partial charge in [-0.1, -0.05) is 0 Å².